The zero-order chi connectivity index (χ0) is 19.9. The summed E-state index contributed by atoms with van der Waals surface area (Å²) in [7, 11) is 3.23. The summed E-state index contributed by atoms with van der Waals surface area (Å²) in [4.78, 5) is 16.8. The minimum atomic E-state index is -0.0263. The maximum Gasteiger partial charge on any atom is 0.226 e. The average molecular weight is 397 g/mol. The van der Waals surface area contributed by atoms with Crippen molar-refractivity contribution in [3.8, 4) is 22.1 Å². The van der Waals surface area contributed by atoms with Gasteiger partial charge in [0.2, 0.25) is 5.91 Å². The van der Waals surface area contributed by atoms with E-state index in [1.54, 1.807) is 25.6 Å². The number of nitrogens with one attached hydrogen (secondary N) is 1. The fourth-order valence-corrected chi connectivity index (χ4v) is 3.72. The molecule has 146 valence electrons. The van der Waals surface area contributed by atoms with E-state index in [4.69, 9.17) is 9.47 Å². The van der Waals surface area contributed by atoms with Crippen LogP contribution in [0.2, 0.25) is 0 Å². The third kappa shape index (κ3) is 5.10. The lowest BCUT2D eigenvalue weighted by atomic mass is 10.1. The van der Waals surface area contributed by atoms with Gasteiger partial charge in [0.25, 0.3) is 0 Å². The molecule has 0 aliphatic heterocycles. The molecule has 28 heavy (non-hydrogen) atoms. The molecule has 0 aliphatic rings. The van der Waals surface area contributed by atoms with Crippen LogP contribution in [0.4, 0.5) is 0 Å². The molecule has 0 atom stereocenters. The maximum absolute atomic E-state index is 12.2. The van der Waals surface area contributed by atoms with Gasteiger partial charge in [-0.05, 0) is 37.1 Å². The van der Waals surface area contributed by atoms with Crippen LogP contribution in [0.5, 0.6) is 11.5 Å². The van der Waals surface area contributed by atoms with Gasteiger partial charge in [-0.1, -0.05) is 29.8 Å². The second-order valence-electron chi connectivity index (χ2n) is 6.48. The molecular weight excluding hydrogens is 372 g/mol. The van der Waals surface area contributed by atoms with Gasteiger partial charge in [0, 0.05) is 17.5 Å². The van der Waals surface area contributed by atoms with E-state index in [-0.39, 0.29) is 12.3 Å². The van der Waals surface area contributed by atoms with Gasteiger partial charge < -0.3 is 14.8 Å². The summed E-state index contributed by atoms with van der Waals surface area (Å²) in [6.45, 7) is 2.62. The van der Waals surface area contributed by atoms with Crippen LogP contribution in [0.1, 0.15) is 16.8 Å². The smallest absolute Gasteiger partial charge is 0.226 e. The second kappa shape index (κ2) is 9.37. The molecule has 1 aromatic heterocycles. The van der Waals surface area contributed by atoms with Crippen LogP contribution in [0.3, 0.4) is 0 Å². The number of hydrogen-bond donors (Lipinski definition) is 1. The lowest BCUT2D eigenvalue weighted by Crippen LogP contribution is -2.27. The third-order valence-electron chi connectivity index (χ3n) is 4.34. The number of amides is 1. The molecule has 5 nitrogen and oxygen atoms in total. The van der Waals surface area contributed by atoms with Crippen molar-refractivity contribution in [2.45, 2.75) is 19.8 Å². The van der Waals surface area contributed by atoms with Crippen molar-refractivity contribution in [3.63, 3.8) is 0 Å². The summed E-state index contributed by atoms with van der Waals surface area (Å²) >= 11 is 1.56. The second-order valence-corrected chi connectivity index (χ2v) is 7.34. The SMILES string of the molecule is COc1ccc(CCNC(=O)Cc2csc(-c3cccc(C)c3)n2)cc1OC. The number of hydrogen-bond acceptors (Lipinski definition) is 5. The van der Waals surface area contributed by atoms with Crippen LogP contribution >= 0.6 is 11.3 Å². The standard InChI is InChI=1S/C22H24N2O3S/c1-15-5-4-6-17(11-15)22-24-18(14-28-22)13-21(25)23-10-9-16-7-8-19(26-2)20(12-16)27-3/h4-8,11-12,14H,9-10,13H2,1-3H3,(H,23,25). The van der Waals surface area contributed by atoms with Gasteiger partial charge >= 0.3 is 0 Å². The Balaban J connectivity index is 1.51. The van der Waals surface area contributed by atoms with Crippen molar-refractivity contribution < 1.29 is 14.3 Å². The Morgan fingerprint density at radius 1 is 1.11 bits per heavy atom. The van der Waals surface area contributed by atoms with Crippen molar-refractivity contribution in [2.24, 2.45) is 0 Å². The molecule has 0 bridgehead atoms. The zero-order valence-corrected chi connectivity index (χ0v) is 17.1. The molecular formula is C22H24N2O3S. The fraction of sp³-hybridized carbons (Fsp3) is 0.273. The molecule has 3 rings (SSSR count). The molecule has 3 aromatic rings. The minimum Gasteiger partial charge on any atom is -0.493 e. The van der Waals surface area contributed by atoms with Crippen LogP contribution in [0, 0.1) is 6.92 Å². The highest BCUT2D eigenvalue weighted by Gasteiger charge is 2.10. The topological polar surface area (TPSA) is 60.5 Å². The van der Waals surface area contributed by atoms with Gasteiger partial charge in [-0.25, -0.2) is 4.98 Å². The van der Waals surface area contributed by atoms with Crippen molar-refractivity contribution in [3.05, 3.63) is 64.7 Å². The summed E-state index contributed by atoms with van der Waals surface area (Å²) < 4.78 is 10.5. The van der Waals surface area contributed by atoms with Crippen molar-refractivity contribution in [1.29, 1.82) is 0 Å². The first kappa shape index (κ1) is 19.9. The molecule has 0 spiro atoms. The Kier molecular flexibility index (Phi) is 6.66. The number of carbonyl (C=O) groups is 1. The summed E-state index contributed by atoms with van der Waals surface area (Å²) in [6.07, 6.45) is 1.01. The number of rotatable bonds is 8. The van der Waals surface area contributed by atoms with E-state index in [1.165, 1.54) is 5.56 Å². The van der Waals surface area contributed by atoms with E-state index in [0.29, 0.717) is 18.0 Å². The third-order valence-corrected chi connectivity index (χ3v) is 5.28. The van der Waals surface area contributed by atoms with Crippen molar-refractivity contribution >= 4 is 17.2 Å². The number of aromatic nitrogens is 1. The number of benzene rings is 2. The number of methoxy groups -OCH3 is 2. The molecule has 2 aromatic carbocycles. The van der Waals surface area contributed by atoms with Gasteiger partial charge in [0.15, 0.2) is 11.5 Å². The normalized spacial score (nSPS) is 10.5. The quantitative estimate of drug-likeness (QED) is 0.624. The number of aryl methyl sites for hydroxylation is 1. The highest BCUT2D eigenvalue weighted by atomic mass is 32.1. The molecule has 0 saturated carbocycles. The summed E-state index contributed by atoms with van der Waals surface area (Å²) in [5.41, 5.74) is 4.16. The summed E-state index contributed by atoms with van der Waals surface area (Å²) in [6, 6.07) is 14.0. The van der Waals surface area contributed by atoms with Crippen LogP contribution in [0.25, 0.3) is 10.6 Å². The molecule has 1 heterocycles. The molecule has 0 saturated heterocycles. The van der Waals surface area contributed by atoms with Crippen molar-refractivity contribution in [2.75, 3.05) is 20.8 Å². The fourth-order valence-electron chi connectivity index (χ4n) is 2.91. The number of carbonyl (C=O) groups excluding carboxylic acids is 1. The highest BCUT2D eigenvalue weighted by molar-refractivity contribution is 7.13. The van der Waals surface area contributed by atoms with Gasteiger partial charge in [-0.3, -0.25) is 4.79 Å². The lowest BCUT2D eigenvalue weighted by Gasteiger charge is -2.10. The van der Waals surface area contributed by atoms with Gasteiger partial charge in [-0.15, -0.1) is 11.3 Å². The first-order chi connectivity index (χ1) is 13.6. The summed E-state index contributed by atoms with van der Waals surface area (Å²) in [5.74, 6) is 1.36. The van der Waals surface area contributed by atoms with E-state index in [0.717, 1.165) is 28.2 Å². The molecule has 0 fully saturated rings. The van der Waals surface area contributed by atoms with Crippen LogP contribution in [-0.4, -0.2) is 31.7 Å². The first-order valence-corrected chi connectivity index (χ1v) is 9.96. The Bertz CT molecular complexity index is 952. The monoisotopic (exact) mass is 396 g/mol. The predicted molar refractivity (Wildman–Crippen MR) is 112 cm³/mol. The maximum atomic E-state index is 12.2. The number of thiazole rings is 1. The minimum absolute atomic E-state index is 0.0263. The van der Waals surface area contributed by atoms with Gasteiger partial charge in [0.05, 0.1) is 26.3 Å². The van der Waals surface area contributed by atoms with E-state index in [2.05, 4.69) is 29.4 Å². The van der Waals surface area contributed by atoms with Gasteiger partial charge in [0.1, 0.15) is 5.01 Å². The average Bonchev–Trinajstić information content (AvgIpc) is 3.16. The van der Waals surface area contributed by atoms with E-state index < -0.39 is 0 Å². The number of nitrogens with zero attached hydrogens (tertiary/aromatic N) is 1. The molecule has 1 N–H and O–H groups in total. The molecule has 0 radical (unpaired) electrons. The Morgan fingerprint density at radius 2 is 1.93 bits per heavy atom. The number of ether oxygens (including phenoxy) is 2. The zero-order valence-electron chi connectivity index (χ0n) is 16.3. The van der Waals surface area contributed by atoms with E-state index in [1.807, 2.05) is 35.7 Å². The molecule has 0 aliphatic carbocycles. The van der Waals surface area contributed by atoms with Crippen LogP contribution in [0.15, 0.2) is 47.8 Å². The molecule has 1 amide bonds. The Morgan fingerprint density at radius 3 is 2.68 bits per heavy atom. The Hall–Kier alpha value is -2.86. The van der Waals surface area contributed by atoms with Gasteiger partial charge in [-0.2, -0.15) is 0 Å². The molecule has 0 unspecified atom stereocenters. The van der Waals surface area contributed by atoms with Crippen LogP contribution in [-0.2, 0) is 17.6 Å². The largest absolute Gasteiger partial charge is 0.493 e. The first-order valence-electron chi connectivity index (χ1n) is 9.08. The summed E-state index contributed by atoms with van der Waals surface area (Å²) in [5, 5.41) is 5.85. The van der Waals surface area contributed by atoms with E-state index in [9.17, 15) is 4.79 Å². The van der Waals surface area contributed by atoms with Crippen LogP contribution < -0.4 is 14.8 Å². The molecule has 6 heteroatoms. The van der Waals surface area contributed by atoms with Crippen molar-refractivity contribution in [1.82, 2.24) is 10.3 Å². The Labute approximate surface area is 169 Å². The predicted octanol–water partition coefficient (Wildman–Crippen LogP) is 4.04. The lowest BCUT2D eigenvalue weighted by molar-refractivity contribution is -0.120. The van der Waals surface area contributed by atoms with E-state index >= 15 is 0 Å². The highest BCUT2D eigenvalue weighted by Crippen LogP contribution is 2.27.